The van der Waals surface area contributed by atoms with Gasteiger partial charge in [0.25, 0.3) is 0 Å². The van der Waals surface area contributed by atoms with Crippen LogP contribution < -0.4 is 0 Å². The number of rotatable bonds is 9. The molecule has 114 valence electrons. The van der Waals surface area contributed by atoms with E-state index in [9.17, 15) is 4.79 Å². The van der Waals surface area contributed by atoms with Gasteiger partial charge in [0, 0.05) is 13.0 Å². The van der Waals surface area contributed by atoms with Gasteiger partial charge in [0.1, 0.15) is 11.6 Å². The van der Waals surface area contributed by atoms with E-state index in [1.165, 1.54) is 6.08 Å². The molecule has 0 atom stereocenters. The van der Waals surface area contributed by atoms with Gasteiger partial charge in [-0.3, -0.25) is 0 Å². The van der Waals surface area contributed by atoms with Crippen LogP contribution in [-0.2, 0) is 9.53 Å². The number of aliphatic hydroxyl groups excluding tert-OH is 1. The Hall–Kier alpha value is -2.06. The Kier molecular flexibility index (Phi) is 7.92. The monoisotopic (exact) mass is 291 g/mol. The number of unbranched alkanes of at least 4 members (excludes halogenated alkanes) is 3. The Morgan fingerprint density at radius 2 is 2.05 bits per heavy atom. The first-order chi connectivity index (χ1) is 10.2. The maximum Gasteiger partial charge on any atom is 0.346 e. The minimum atomic E-state index is -1.20. The molecule has 0 radical (unpaired) electrons. The van der Waals surface area contributed by atoms with Gasteiger partial charge in [0.05, 0.1) is 12.4 Å². The van der Waals surface area contributed by atoms with Crippen molar-refractivity contribution in [3.05, 3.63) is 35.1 Å². The van der Waals surface area contributed by atoms with Crippen LogP contribution in [0.2, 0.25) is 0 Å². The predicted molar refractivity (Wildman–Crippen MR) is 78.2 cm³/mol. The van der Waals surface area contributed by atoms with Crippen LogP contribution in [0.3, 0.4) is 0 Å². The minimum Gasteiger partial charge on any atom is -0.498 e. The van der Waals surface area contributed by atoms with Gasteiger partial charge in [-0.2, -0.15) is 5.26 Å². The molecule has 1 rings (SSSR count). The molecule has 21 heavy (non-hydrogen) atoms. The molecule has 0 spiro atoms. The van der Waals surface area contributed by atoms with E-state index in [2.05, 4.69) is 0 Å². The van der Waals surface area contributed by atoms with Crippen molar-refractivity contribution in [2.45, 2.75) is 38.5 Å². The summed E-state index contributed by atoms with van der Waals surface area (Å²) in [6.45, 7) is 0.906. The molecule has 0 unspecified atom stereocenters. The van der Waals surface area contributed by atoms with Crippen LogP contribution in [0.15, 0.2) is 35.1 Å². The van der Waals surface area contributed by atoms with E-state index in [1.807, 2.05) is 6.08 Å². The standard InChI is InChI=1S/C16H21NO4/c17-12-14(16(19)20)11-13-5-7-15(8-6-13)21-10-4-2-1-3-9-18/h5,7,11,18H,1-4,6,8-10H2,(H,19,20). The number of hydrogen-bond acceptors (Lipinski definition) is 4. The Bertz CT molecular complexity index is 483. The summed E-state index contributed by atoms with van der Waals surface area (Å²) >= 11 is 0. The molecule has 0 fully saturated rings. The van der Waals surface area contributed by atoms with Crippen LogP contribution in [0.25, 0.3) is 0 Å². The summed E-state index contributed by atoms with van der Waals surface area (Å²) in [5, 5.41) is 26.1. The highest BCUT2D eigenvalue weighted by Crippen LogP contribution is 2.21. The van der Waals surface area contributed by atoms with Crippen molar-refractivity contribution >= 4 is 5.97 Å². The zero-order valence-corrected chi connectivity index (χ0v) is 12.0. The average Bonchev–Trinajstić information content (AvgIpc) is 2.49. The third-order valence-electron chi connectivity index (χ3n) is 3.16. The van der Waals surface area contributed by atoms with Crippen LogP contribution in [0, 0.1) is 11.3 Å². The second-order valence-corrected chi connectivity index (χ2v) is 4.84. The molecular weight excluding hydrogens is 270 g/mol. The highest BCUT2D eigenvalue weighted by atomic mass is 16.5. The number of carboxylic acids is 1. The number of hydrogen-bond donors (Lipinski definition) is 2. The lowest BCUT2D eigenvalue weighted by Gasteiger charge is -2.14. The lowest BCUT2D eigenvalue weighted by Crippen LogP contribution is -2.02. The second kappa shape index (κ2) is 9.78. The quantitative estimate of drug-likeness (QED) is 0.387. The molecule has 0 aliphatic heterocycles. The summed E-state index contributed by atoms with van der Waals surface area (Å²) in [5.41, 5.74) is 0.576. The molecule has 0 aromatic heterocycles. The van der Waals surface area contributed by atoms with Gasteiger partial charge in [-0.1, -0.05) is 12.5 Å². The number of carbonyl (C=O) groups is 1. The zero-order valence-electron chi connectivity index (χ0n) is 12.0. The van der Waals surface area contributed by atoms with Crippen LogP contribution in [0.5, 0.6) is 0 Å². The number of nitrogens with zero attached hydrogens (tertiary/aromatic N) is 1. The van der Waals surface area contributed by atoms with Gasteiger partial charge in [-0.25, -0.2) is 4.79 Å². The summed E-state index contributed by atoms with van der Waals surface area (Å²) in [6, 6.07) is 1.67. The van der Waals surface area contributed by atoms with Gasteiger partial charge in [0.2, 0.25) is 0 Å². The molecule has 0 bridgehead atoms. The van der Waals surface area contributed by atoms with Crippen molar-refractivity contribution in [3.8, 4) is 6.07 Å². The zero-order chi connectivity index (χ0) is 15.5. The molecule has 0 saturated heterocycles. The van der Waals surface area contributed by atoms with Gasteiger partial charge in [-0.05, 0) is 43.4 Å². The first-order valence-electron chi connectivity index (χ1n) is 7.16. The van der Waals surface area contributed by atoms with Crippen LogP contribution in [0.1, 0.15) is 38.5 Å². The van der Waals surface area contributed by atoms with Gasteiger partial charge in [0.15, 0.2) is 0 Å². The molecule has 1 aliphatic carbocycles. The Labute approximate surface area is 124 Å². The third kappa shape index (κ3) is 6.77. The van der Waals surface area contributed by atoms with Crippen molar-refractivity contribution in [3.63, 3.8) is 0 Å². The van der Waals surface area contributed by atoms with Gasteiger partial charge >= 0.3 is 5.97 Å². The molecule has 0 aromatic carbocycles. The third-order valence-corrected chi connectivity index (χ3v) is 3.16. The number of aliphatic carboxylic acids is 1. The van der Waals surface area contributed by atoms with Gasteiger partial charge in [-0.15, -0.1) is 0 Å². The summed E-state index contributed by atoms with van der Waals surface area (Å²) in [5.74, 6) is -0.310. The van der Waals surface area contributed by atoms with E-state index in [4.69, 9.17) is 20.2 Å². The maximum atomic E-state index is 10.7. The predicted octanol–water partition coefficient (Wildman–Crippen LogP) is 2.69. The SMILES string of the molecule is N#CC(=CC1=CC=C(OCCCCCCO)CC1)C(=O)O. The van der Waals surface area contributed by atoms with Crippen molar-refractivity contribution in [2.24, 2.45) is 0 Å². The Morgan fingerprint density at radius 1 is 1.29 bits per heavy atom. The number of carboxylic acid groups (broad SMARTS) is 1. The molecule has 5 heteroatoms. The molecular formula is C16H21NO4. The molecule has 0 aromatic rings. The maximum absolute atomic E-state index is 10.7. The minimum absolute atomic E-state index is 0.244. The van der Waals surface area contributed by atoms with E-state index in [-0.39, 0.29) is 12.2 Å². The van der Waals surface area contributed by atoms with E-state index < -0.39 is 5.97 Å². The largest absolute Gasteiger partial charge is 0.498 e. The number of ether oxygens (including phenoxy) is 1. The normalized spacial score (nSPS) is 15.0. The Balaban J connectivity index is 2.38. The summed E-state index contributed by atoms with van der Waals surface area (Å²) in [4.78, 5) is 10.7. The first kappa shape index (κ1) is 17.0. The highest BCUT2D eigenvalue weighted by molar-refractivity contribution is 5.91. The summed E-state index contributed by atoms with van der Waals surface area (Å²) in [7, 11) is 0. The molecule has 1 aliphatic rings. The fourth-order valence-corrected chi connectivity index (χ4v) is 1.97. The van der Waals surface area contributed by atoms with E-state index in [0.717, 1.165) is 43.4 Å². The van der Waals surface area contributed by atoms with Crippen LogP contribution in [0.4, 0.5) is 0 Å². The number of nitriles is 1. The van der Waals surface area contributed by atoms with Crippen LogP contribution in [-0.4, -0.2) is 29.4 Å². The number of allylic oxidation sites excluding steroid dienone is 5. The first-order valence-corrected chi connectivity index (χ1v) is 7.16. The average molecular weight is 291 g/mol. The summed E-state index contributed by atoms with van der Waals surface area (Å²) in [6.07, 6.45) is 10.3. The molecule has 0 heterocycles. The topological polar surface area (TPSA) is 90.5 Å². The van der Waals surface area contributed by atoms with E-state index >= 15 is 0 Å². The van der Waals surface area contributed by atoms with Crippen molar-refractivity contribution < 1.29 is 19.7 Å². The lowest BCUT2D eigenvalue weighted by atomic mass is 10.0. The summed E-state index contributed by atoms with van der Waals surface area (Å²) < 4.78 is 5.64. The highest BCUT2D eigenvalue weighted by Gasteiger charge is 2.10. The van der Waals surface area contributed by atoms with Crippen LogP contribution >= 0.6 is 0 Å². The Morgan fingerprint density at radius 3 is 2.62 bits per heavy atom. The second-order valence-electron chi connectivity index (χ2n) is 4.84. The van der Waals surface area contributed by atoms with E-state index in [0.29, 0.717) is 13.0 Å². The van der Waals surface area contributed by atoms with E-state index in [1.54, 1.807) is 12.1 Å². The van der Waals surface area contributed by atoms with Crippen molar-refractivity contribution in [1.82, 2.24) is 0 Å². The molecule has 0 saturated carbocycles. The lowest BCUT2D eigenvalue weighted by molar-refractivity contribution is -0.132. The van der Waals surface area contributed by atoms with Crippen molar-refractivity contribution in [1.29, 1.82) is 5.26 Å². The fourth-order valence-electron chi connectivity index (χ4n) is 1.97. The molecule has 2 N–H and O–H groups in total. The molecule has 5 nitrogen and oxygen atoms in total. The fraction of sp³-hybridized carbons (Fsp3) is 0.500. The van der Waals surface area contributed by atoms with Crippen molar-refractivity contribution in [2.75, 3.05) is 13.2 Å². The van der Waals surface area contributed by atoms with Gasteiger partial charge < -0.3 is 14.9 Å². The smallest absolute Gasteiger partial charge is 0.346 e. The molecule has 0 amide bonds. The number of aliphatic hydroxyl groups is 1.